The fourth-order valence-corrected chi connectivity index (χ4v) is 2.09. The van der Waals surface area contributed by atoms with E-state index in [1.165, 1.54) is 25.6 Å². The van der Waals surface area contributed by atoms with Gasteiger partial charge in [0.2, 0.25) is 0 Å². The summed E-state index contributed by atoms with van der Waals surface area (Å²) in [5.74, 6) is 0.0312. The summed E-state index contributed by atoms with van der Waals surface area (Å²) in [7, 11) is 1.49. The van der Waals surface area contributed by atoms with E-state index in [4.69, 9.17) is 4.74 Å². The second kappa shape index (κ2) is 5.66. The SMILES string of the molecule is COc1cc(F)cc(-c2nncnc2-c2ccccc2)c1. The lowest BCUT2D eigenvalue weighted by Gasteiger charge is -2.08. The molecule has 1 aromatic heterocycles. The van der Waals surface area contributed by atoms with Crippen molar-refractivity contribution in [3.05, 3.63) is 60.7 Å². The number of hydrogen-bond donors (Lipinski definition) is 0. The van der Waals surface area contributed by atoms with Crippen LogP contribution in [-0.2, 0) is 0 Å². The third kappa shape index (κ3) is 2.72. The number of rotatable bonds is 3. The number of ether oxygens (including phenoxy) is 1. The molecule has 3 rings (SSSR count). The molecule has 2 aromatic carbocycles. The standard InChI is InChI=1S/C16H12FN3O/c1-21-14-8-12(7-13(17)9-14)16-15(18-10-19-20-16)11-5-3-2-4-6-11/h2-10H,1H3. The molecule has 0 saturated carbocycles. The van der Waals surface area contributed by atoms with Gasteiger partial charge in [-0.25, -0.2) is 9.37 Å². The average molecular weight is 281 g/mol. The van der Waals surface area contributed by atoms with E-state index in [1.807, 2.05) is 30.3 Å². The first-order chi connectivity index (χ1) is 10.3. The predicted molar refractivity (Wildman–Crippen MR) is 77.2 cm³/mol. The highest BCUT2D eigenvalue weighted by Crippen LogP contribution is 2.30. The normalized spacial score (nSPS) is 10.4. The number of methoxy groups -OCH3 is 1. The molecule has 0 aliphatic rings. The Morgan fingerprint density at radius 3 is 2.52 bits per heavy atom. The van der Waals surface area contributed by atoms with Crippen LogP contribution in [0.15, 0.2) is 54.9 Å². The van der Waals surface area contributed by atoms with Crippen molar-refractivity contribution in [2.45, 2.75) is 0 Å². The Morgan fingerprint density at radius 1 is 0.952 bits per heavy atom. The fourth-order valence-electron chi connectivity index (χ4n) is 2.09. The van der Waals surface area contributed by atoms with Crippen LogP contribution in [0.4, 0.5) is 4.39 Å². The molecule has 0 unspecified atom stereocenters. The molecule has 0 amide bonds. The summed E-state index contributed by atoms with van der Waals surface area (Å²) in [6.45, 7) is 0. The largest absolute Gasteiger partial charge is 0.497 e. The highest BCUT2D eigenvalue weighted by atomic mass is 19.1. The number of nitrogens with zero attached hydrogens (tertiary/aromatic N) is 3. The quantitative estimate of drug-likeness (QED) is 0.738. The van der Waals surface area contributed by atoms with E-state index in [1.54, 1.807) is 6.07 Å². The summed E-state index contributed by atoms with van der Waals surface area (Å²) in [6.07, 6.45) is 1.38. The van der Waals surface area contributed by atoms with Crippen LogP contribution < -0.4 is 4.74 Å². The van der Waals surface area contributed by atoms with Gasteiger partial charge < -0.3 is 4.74 Å². The van der Waals surface area contributed by atoms with Crippen LogP contribution in [-0.4, -0.2) is 22.3 Å². The maximum atomic E-state index is 13.7. The Balaban J connectivity index is 2.18. The Bertz CT molecular complexity index is 762. The van der Waals surface area contributed by atoms with E-state index in [9.17, 15) is 4.39 Å². The zero-order chi connectivity index (χ0) is 14.7. The van der Waals surface area contributed by atoms with Gasteiger partial charge in [0.1, 0.15) is 29.3 Å². The third-order valence-electron chi connectivity index (χ3n) is 3.05. The Kier molecular flexibility index (Phi) is 3.55. The summed E-state index contributed by atoms with van der Waals surface area (Å²) in [4.78, 5) is 4.27. The van der Waals surface area contributed by atoms with E-state index >= 15 is 0 Å². The Morgan fingerprint density at radius 2 is 1.76 bits per heavy atom. The summed E-state index contributed by atoms with van der Waals surface area (Å²) in [5, 5.41) is 7.92. The summed E-state index contributed by atoms with van der Waals surface area (Å²) >= 11 is 0. The molecule has 4 nitrogen and oxygen atoms in total. The number of halogens is 1. The third-order valence-corrected chi connectivity index (χ3v) is 3.05. The van der Waals surface area contributed by atoms with Crippen molar-refractivity contribution in [2.75, 3.05) is 7.11 Å². The van der Waals surface area contributed by atoms with E-state index in [-0.39, 0.29) is 0 Å². The van der Waals surface area contributed by atoms with Crippen molar-refractivity contribution < 1.29 is 9.13 Å². The van der Waals surface area contributed by atoms with Crippen LogP contribution in [0.1, 0.15) is 0 Å². The summed E-state index contributed by atoms with van der Waals surface area (Å²) in [5.41, 5.74) is 2.64. The van der Waals surface area contributed by atoms with Crippen molar-refractivity contribution >= 4 is 0 Å². The van der Waals surface area contributed by atoms with Gasteiger partial charge in [-0.1, -0.05) is 30.3 Å². The van der Waals surface area contributed by atoms with Gasteiger partial charge in [-0.2, -0.15) is 0 Å². The minimum Gasteiger partial charge on any atom is -0.497 e. The molecule has 5 heteroatoms. The van der Waals surface area contributed by atoms with Crippen LogP contribution in [0.3, 0.4) is 0 Å². The zero-order valence-electron chi connectivity index (χ0n) is 11.3. The van der Waals surface area contributed by atoms with Gasteiger partial charge in [0.05, 0.1) is 7.11 Å². The molecule has 0 aliphatic carbocycles. The predicted octanol–water partition coefficient (Wildman–Crippen LogP) is 3.35. The minimum absolute atomic E-state index is 0.394. The van der Waals surface area contributed by atoms with Gasteiger partial charge in [0.25, 0.3) is 0 Å². The lowest BCUT2D eigenvalue weighted by atomic mass is 10.0. The van der Waals surface area contributed by atoms with E-state index in [0.29, 0.717) is 22.7 Å². The van der Waals surface area contributed by atoms with Crippen LogP contribution >= 0.6 is 0 Å². The van der Waals surface area contributed by atoms with Crippen LogP contribution in [0.5, 0.6) is 5.75 Å². The topological polar surface area (TPSA) is 47.9 Å². The first-order valence-electron chi connectivity index (χ1n) is 6.36. The number of benzene rings is 2. The van der Waals surface area contributed by atoms with E-state index < -0.39 is 5.82 Å². The first-order valence-corrected chi connectivity index (χ1v) is 6.36. The monoisotopic (exact) mass is 281 g/mol. The molecular weight excluding hydrogens is 269 g/mol. The molecule has 0 aliphatic heterocycles. The highest BCUT2D eigenvalue weighted by Gasteiger charge is 2.13. The molecule has 1 heterocycles. The van der Waals surface area contributed by atoms with Gasteiger partial charge >= 0.3 is 0 Å². The van der Waals surface area contributed by atoms with Crippen molar-refractivity contribution in [1.82, 2.24) is 15.2 Å². The van der Waals surface area contributed by atoms with Gasteiger partial charge in [-0.05, 0) is 12.1 Å². The van der Waals surface area contributed by atoms with Crippen molar-refractivity contribution in [2.24, 2.45) is 0 Å². The molecule has 0 atom stereocenters. The van der Waals surface area contributed by atoms with Gasteiger partial charge in [0, 0.05) is 17.2 Å². The zero-order valence-corrected chi connectivity index (χ0v) is 11.3. The van der Waals surface area contributed by atoms with Gasteiger partial charge in [-0.3, -0.25) is 0 Å². The first kappa shape index (κ1) is 13.2. The molecule has 0 N–H and O–H groups in total. The molecule has 104 valence electrons. The van der Waals surface area contributed by atoms with Crippen molar-refractivity contribution in [1.29, 1.82) is 0 Å². The van der Waals surface area contributed by atoms with Crippen LogP contribution in [0, 0.1) is 5.82 Å². The van der Waals surface area contributed by atoms with Gasteiger partial charge in [-0.15, -0.1) is 10.2 Å². The van der Waals surface area contributed by atoms with Crippen molar-refractivity contribution in [3.63, 3.8) is 0 Å². The molecule has 0 bridgehead atoms. The van der Waals surface area contributed by atoms with Crippen LogP contribution in [0.2, 0.25) is 0 Å². The second-order valence-corrected chi connectivity index (χ2v) is 4.40. The summed E-state index contributed by atoms with van der Waals surface area (Å²) in [6, 6.07) is 14.0. The molecule has 0 radical (unpaired) electrons. The minimum atomic E-state index is -0.394. The smallest absolute Gasteiger partial charge is 0.138 e. The van der Waals surface area contributed by atoms with Crippen molar-refractivity contribution in [3.8, 4) is 28.3 Å². The average Bonchev–Trinajstić information content (AvgIpc) is 2.55. The molecule has 0 saturated heterocycles. The fraction of sp³-hybridized carbons (Fsp3) is 0.0625. The Hall–Kier alpha value is -2.82. The number of aromatic nitrogens is 3. The second-order valence-electron chi connectivity index (χ2n) is 4.40. The van der Waals surface area contributed by atoms with Crippen LogP contribution in [0.25, 0.3) is 22.5 Å². The lowest BCUT2D eigenvalue weighted by Crippen LogP contribution is -1.96. The molecule has 0 spiro atoms. The molecule has 3 aromatic rings. The lowest BCUT2D eigenvalue weighted by molar-refractivity contribution is 0.411. The molecular formula is C16H12FN3O. The molecule has 0 fully saturated rings. The maximum absolute atomic E-state index is 13.7. The van der Waals surface area contributed by atoms with Gasteiger partial charge in [0.15, 0.2) is 0 Å². The van der Waals surface area contributed by atoms with E-state index in [2.05, 4.69) is 15.2 Å². The summed E-state index contributed by atoms with van der Waals surface area (Å²) < 4.78 is 18.8. The Labute approximate surface area is 121 Å². The molecule has 21 heavy (non-hydrogen) atoms. The number of hydrogen-bond acceptors (Lipinski definition) is 4. The maximum Gasteiger partial charge on any atom is 0.138 e. The van der Waals surface area contributed by atoms with E-state index in [0.717, 1.165) is 5.56 Å². The highest BCUT2D eigenvalue weighted by molar-refractivity contribution is 5.77.